The molecule has 0 bridgehead atoms. The molecule has 0 aliphatic carbocycles. The zero-order valence-corrected chi connectivity index (χ0v) is 15.7. The van der Waals surface area contributed by atoms with Crippen molar-refractivity contribution >= 4 is 27.3 Å². The van der Waals surface area contributed by atoms with Gasteiger partial charge in [-0.3, -0.25) is 4.79 Å². The average molecular weight is 391 g/mol. The van der Waals surface area contributed by atoms with Crippen LogP contribution in [0.4, 0.5) is 0 Å². The van der Waals surface area contributed by atoms with E-state index in [0.717, 1.165) is 0 Å². The highest BCUT2D eigenvalue weighted by Gasteiger charge is 2.29. The van der Waals surface area contributed by atoms with Gasteiger partial charge in [0.2, 0.25) is 15.9 Å². The maximum Gasteiger partial charge on any atom is 0.242 e. The van der Waals surface area contributed by atoms with Crippen molar-refractivity contribution in [2.75, 3.05) is 7.05 Å². The molecule has 0 radical (unpaired) electrons. The summed E-state index contributed by atoms with van der Waals surface area (Å²) in [6.45, 7) is 1.70. The lowest BCUT2D eigenvalue weighted by Crippen LogP contribution is -2.39. The minimum Gasteiger partial charge on any atom is -0.357 e. The third-order valence-electron chi connectivity index (χ3n) is 3.76. The Morgan fingerprint density at radius 3 is 2.58 bits per heavy atom. The first kappa shape index (κ1) is 18.3. The summed E-state index contributed by atoms with van der Waals surface area (Å²) >= 11 is 1.28. The molecule has 1 amide bonds. The predicted octanol–water partition coefficient (Wildman–Crippen LogP) is 2.48. The molecule has 2 aromatic heterocycles. The first-order valence-electron chi connectivity index (χ1n) is 7.72. The topological polar surface area (TPSA) is 101 Å². The van der Waals surface area contributed by atoms with Crippen molar-refractivity contribution in [2.24, 2.45) is 0 Å². The van der Waals surface area contributed by atoms with Gasteiger partial charge < -0.3 is 9.84 Å². The number of sulfonamides is 1. The Kier molecular flexibility index (Phi) is 5.21. The van der Waals surface area contributed by atoms with Gasteiger partial charge in [-0.25, -0.2) is 8.42 Å². The molecule has 136 valence electrons. The average Bonchev–Trinajstić information content (AvgIpc) is 3.29. The number of likely N-dealkylation sites (N-methyl/N-ethyl adjacent to an activating group) is 1. The van der Waals surface area contributed by atoms with Crippen LogP contribution in [0.3, 0.4) is 0 Å². The largest absolute Gasteiger partial charge is 0.357 e. The fourth-order valence-electron chi connectivity index (χ4n) is 2.48. The number of carbonyl (C=O) groups excluding carboxylic acids is 1. The van der Waals surface area contributed by atoms with E-state index < -0.39 is 22.0 Å². The standard InChI is InChI=1S/C17H17N3O4S2/c1-11-15(10-14(25-11)13-8-9-19-24-13)26(22,23)20-16(17(21)18-2)12-6-4-3-5-7-12/h3-10,16,20H,1-2H3,(H,18,21). The zero-order chi connectivity index (χ0) is 18.7. The van der Waals surface area contributed by atoms with Crippen molar-refractivity contribution in [2.45, 2.75) is 17.9 Å². The van der Waals surface area contributed by atoms with Crippen molar-refractivity contribution in [3.8, 4) is 10.6 Å². The fourth-order valence-corrected chi connectivity index (χ4v) is 5.21. The van der Waals surface area contributed by atoms with Gasteiger partial charge >= 0.3 is 0 Å². The lowest BCUT2D eigenvalue weighted by Gasteiger charge is -2.17. The van der Waals surface area contributed by atoms with Gasteiger partial charge in [0.15, 0.2) is 5.76 Å². The first-order valence-corrected chi connectivity index (χ1v) is 10.0. The van der Waals surface area contributed by atoms with Gasteiger partial charge in [-0.2, -0.15) is 4.72 Å². The summed E-state index contributed by atoms with van der Waals surface area (Å²) in [5, 5.41) is 6.13. The van der Waals surface area contributed by atoms with Crippen LogP contribution < -0.4 is 10.0 Å². The Labute approximate surface area is 155 Å². The number of hydrogen-bond acceptors (Lipinski definition) is 6. The zero-order valence-electron chi connectivity index (χ0n) is 14.1. The Balaban J connectivity index is 1.96. The molecule has 0 fully saturated rings. The Hall–Kier alpha value is -2.49. The van der Waals surface area contributed by atoms with E-state index in [1.54, 1.807) is 43.3 Å². The molecule has 0 saturated heterocycles. The number of amides is 1. The molecule has 2 N–H and O–H groups in total. The van der Waals surface area contributed by atoms with Crippen molar-refractivity contribution in [1.82, 2.24) is 15.2 Å². The number of aryl methyl sites for hydroxylation is 1. The molecule has 3 rings (SSSR count). The van der Waals surface area contributed by atoms with E-state index in [1.165, 1.54) is 30.6 Å². The van der Waals surface area contributed by atoms with E-state index in [1.807, 2.05) is 0 Å². The molecule has 1 atom stereocenters. The maximum atomic E-state index is 12.9. The van der Waals surface area contributed by atoms with Gasteiger partial charge in [-0.1, -0.05) is 35.5 Å². The van der Waals surface area contributed by atoms with Gasteiger partial charge in [0.25, 0.3) is 0 Å². The van der Waals surface area contributed by atoms with Gasteiger partial charge in [0.05, 0.1) is 16.0 Å². The second kappa shape index (κ2) is 7.40. The van der Waals surface area contributed by atoms with E-state index >= 15 is 0 Å². The molecule has 7 nitrogen and oxygen atoms in total. The summed E-state index contributed by atoms with van der Waals surface area (Å²) in [5.74, 6) is 0.0496. The van der Waals surface area contributed by atoms with E-state index in [2.05, 4.69) is 15.2 Å². The molecule has 0 spiro atoms. The molecule has 0 saturated carbocycles. The second-order valence-electron chi connectivity index (χ2n) is 5.49. The summed E-state index contributed by atoms with van der Waals surface area (Å²) in [5.41, 5.74) is 0.554. The maximum absolute atomic E-state index is 12.9. The number of aromatic nitrogens is 1. The number of hydrogen-bond donors (Lipinski definition) is 2. The third kappa shape index (κ3) is 3.69. The van der Waals surface area contributed by atoms with Crippen molar-refractivity contribution in [3.63, 3.8) is 0 Å². The number of rotatable bonds is 6. The lowest BCUT2D eigenvalue weighted by atomic mass is 10.1. The molecule has 1 aromatic carbocycles. The van der Waals surface area contributed by atoms with Crippen molar-refractivity contribution in [1.29, 1.82) is 0 Å². The quantitative estimate of drug-likeness (QED) is 0.672. The minimum atomic E-state index is -3.93. The molecule has 2 heterocycles. The van der Waals surface area contributed by atoms with Gasteiger partial charge in [0, 0.05) is 18.0 Å². The lowest BCUT2D eigenvalue weighted by molar-refractivity contribution is -0.122. The normalized spacial score (nSPS) is 12.7. The van der Waals surface area contributed by atoms with Gasteiger partial charge in [-0.15, -0.1) is 11.3 Å². The number of benzene rings is 1. The van der Waals surface area contributed by atoms with Gasteiger partial charge in [0.1, 0.15) is 6.04 Å². The highest BCUT2D eigenvalue weighted by Crippen LogP contribution is 2.33. The van der Waals surface area contributed by atoms with Crippen LogP contribution >= 0.6 is 11.3 Å². The van der Waals surface area contributed by atoms with E-state index in [4.69, 9.17) is 4.52 Å². The van der Waals surface area contributed by atoms with Crippen LogP contribution in [-0.2, 0) is 14.8 Å². The summed E-state index contributed by atoms with van der Waals surface area (Å²) in [6, 6.07) is 10.8. The Morgan fingerprint density at radius 1 is 1.23 bits per heavy atom. The summed E-state index contributed by atoms with van der Waals surface area (Å²) in [4.78, 5) is 13.6. The monoisotopic (exact) mass is 391 g/mol. The van der Waals surface area contributed by atoms with E-state index in [0.29, 0.717) is 21.1 Å². The Morgan fingerprint density at radius 2 is 1.96 bits per heavy atom. The molecule has 3 aromatic rings. The minimum absolute atomic E-state index is 0.110. The molecule has 0 aliphatic rings. The van der Waals surface area contributed by atoms with Crippen LogP contribution in [0, 0.1) is 6.92 Å². The molecular weight excluding hydrogens is 374 g/mol. The van der Waals surface area contributed by atoms with Crippen LogP contribution in [0.2, 0.25) is 0 Å². The van der Waals surface area contributed by atoms with E-state index in [9.17, 15) is 13.2 Å². The predicted molar refractivity (Wildman–Crippen MR) is 98.1 cm³/mol. The van der Waals surface area contributed by atoms with Crippen LogP contribution in [0.5, 0.6) is 0 Å². The number of thiophene rings is 1. The number of carbonyl (C=O) groups is 1. The fraction of sp³-hybridized carbons (Fsp3) is 0.176. The molecule has 0 aliphatic heterocycles. The third-order valence-corrected chi connectivity index (χ3v) is 6.50. The Bertz CT molecular complexity index is 996. The van der Waals surface area contributed by atoms with Gasteiger partial charge in [-0.05, 0) is 18.6 Å². The first-order chi connectivity index (χ1) is 12.4. The second-order valence-corrected chi connectivity index (χ2v) is 8.43. The molecule has 1 unspecified atom stereocenters. The number of nitrogens with zero attached hydrogens (tertiary/aromatic N) is 1. The summed E-state index contributed by atoms with van der Waals surface area (Å²) in [6.07, 6.45) is 1.49. The molecule has 9 heteroatoms. The smallest absolute Gasteiger partial charge is 0.242 e. The van der Waals surface area contributed by atoms with Crippen LogP contribution in [0.15, 0.2) is 58.1 Å². The highest BCUT2D eigenvalue weighted by molar-refractivity contribution is 7.89. The van der Waals surface area contributed by atoms with Crippen molar-refractivity contribution in [3.05, 3.63) is 59.1 Å². The van der Waals surface area contributed by atoms with Crippen LogP contribution in [0.25, 0.3) is 10.6 Å². The SMILES string of the molecule is CNC(=O)C(NS(=O)(=O)c1cc(-c2ccno2)sc1C)c1ccccc1. The molecule has 26 heavy (non-hydrogen) atoms. The van der Waals surface area contributed by atoms with Crippen LogP contribution in [0.1, 0.15) is 16.5 Å². The summed E-state index contributed by atoms with van der Waals surface area (Å²) in [7, 11) is -2.46. The van der Waals surface area contributed by atoms with Crippen molar-refractivity contribution < 1.29 is 17.7 Å². The number of nitrogens with one attached hydrogen (secondary N) is 2. The summed E-state index contributed by atoms with van der Waals surface area (Å²) < 4.78 is 33.4. The highest BCUT2D eigenvalue weighted by atomic mass is 32.2. The van der Waals surface area contributed by atoms with E-state index in [-0.39, 0.29) is 4.90 Å². The van der Waals surface area contributed by atoms with Crippen LogP contribution in [-0.4, -0.2) is 26.5 Å². The molecular formula is C17H17N3O4S2.